The standard InChI is InChI=1S/C13H19N3O3/c1-10(17)16-12-4-2-11(3-5-12)8-15-13(18)9-19-7-6-14/h2-5H,6-9,14H2,1H3,(H,15,18)(H,16,17). The predicted molar refractivity (Wildman–Crippen MR) is 72.5 cm³/mol. The maximum Gasteiger partial charge on any atom is 0.246 e. The molecule has 0 atom stereocenters. The molecule has 6 heteroatoms. The van der Waals surface area contributed by atoms with Crippen molar-refractivity contribution in [2.24, 2.45) is 5.73 Å². The van der Waals surface area contributed by atoms with Crippen LogP contribution in [0.4, 0.5) is 5.69 Å². The second-order valence-corrected chi connectivity index (χ2v) is 4.00. The summed E-state index contributed by atoms with van der Waals surface area (Å²) in [6.45, 7) is 2.67. The first-order valence-electron chi connectivity index (χ1n) is 6.03. The number of benzene rings is 1. The van der Waals surface area contributed by atoms with E-state index < -0.39 is 0 Å². The molecule has 19 heavy (non-hydrogen) atoms. The van der Waals surface area contributed by atoms with Crippen LogP contribution in [0.5, 0.6) is 0 Å². The van der Waals surface area contributed by atoms with E-state index in [1.165, 1.54) is 6.92 Å². The quantitative estimate of drug-likeness (QED) is 0.615. The van der Waals surface area contributed by atoms with Gasteiger partial charge in [0.2, 0.25) is 11.8 Å². The van der Waals surface area contributed by atoms with Crippen LogP contribution < -0.4 is 16.4 Å². The van der Waals surface area contributed by atoms with E-state index in [9.17, 15) is 9.59 Å². The Kier molecular flexibility index (Phi) is 6.56. The number of ether oxygens (including phenoxy) is 1. The minimum atomic E-state index is -0.181. The minimum absolute atomic E-state index is 0.0151. The van der Waals surface area contributed by atoms with Gasteiger partial charge in [-0.25, -0.2) is 0 Å². The van der Waals surface area contributed by atoms with Gasteiger partial charge in [-0.3, -0.25) is 9.59 Å². The first-order chi connectivity index (χ1) is 9.11. The molecule has 2 amide bonds. The van der Waals surface area contributed by atoms with Gasteiger partial charge < -0.3 is 21.1 Å². The average molecular weight is 265 g/mol. The largest absolute Gasteiger partial charge is 0.370 e. The third kappa shape index (κ3) is 6.54. The van der Waals surface area contributed by atoms with Crippen molar-refractivity contribution in [2.75, 3.05) is 25.1 Å². The lowest BCUT2D eigenvalue weighted by atomic mass is 10.2. The third-order valence-corrected chi connectivity index (χ3v) is 2.26. The van der Waals surface area contributed by atoms with Crippen LogP contribution in [0.2, 0.25) is 0 Å². The van der Waals surface area contributed by atoms with Crippen LogP contribution in [-0.2, 0) is 20.9 Å². The summed E-state index contributed by atoms with van der Waals surface area (Å²) >= 11 is 0. The third-order valence-electron chi connectivity index (χ3n) is 2.26. The van der Waals surface area contributed by atoms with Crippen molar-refractivity contribution in [3.8, 4) is 0 Å². The molecule has 1 aromatic carbocycles. The van der Waals surface area contributed by atoms with Gasteiger partial charge in [-0.05, 0) is 17.7 Å². The molecule has 0 unspecified atom stereocenters. The molecule has 0 aliphatic carbocycles. The Labute approximate surface area is 112 Å². The van der Waals surface area contributed by atoms with Gasteiger partial charge in [-0.2, -0.15) is 0 Å². The summed E-state index contributed by atoms with van der Waals surface area (Å²) in [5.74, 6) is -0.294. The average Bonchev–Trinajstić information content (AvgIpc) is 2.37. The van der Waals surface area contributed by atoms with E-state index in [0.29, 0.717) is 19.7 Å². The first kappa shape index (κ1) is 15.1. The Balaban J connectivity index is 2.33. The van der Waals surface area contributed by atoms with Gasteiger partial charge in [-0.15, -0.1) is 0 Å². The topological polar surface area (TPSA) is 93.5 Å². The van der Waals surface area contributed by atoms with Crippen molar-refractivity contribution in [1.82, 2.24) is 5.32 Å². The highest BCUT2D eigenvalue weighted by atomic mass is 16.5. The molecular formula is C13H19N3O3. The van der Waals surface area contributed by atoms with Gasteiger partial charge in [0.15, 0.2) is 0 Å². The molecule has 6 nitrogen and oxygen atoms in total. The van der Waals surface area contributed by atoms with Gasteiger partial charge >= 0.3 is 0 Å². The summed E-state index contributed by atoms with van der Waals surface area (Å²) < 4.78 is 5.01. The van der Waals surface area contributed by atoms with E-state index >= 15 is 0 Å². The van der Waals surface area contributed by atoms with Crippen LogP contribution in [0, 0.1) is 0 Å². The number of nitrogens with two attached hydrogens (primary N) is 1. The number of hydrogen-bond donors (Lipinski definition) is 3. The molecule has 0 spiro atoms. The van der Waals surface area contributed by atoms with E-state index in [1.54, 1.807) is 12.1 Å². The normalized spacial score (nSPS) is 10.0. The Bertz CT molecular complexity index is 418. The van der Waals surface area contributed by atoms with Crippen LogP contribution in [-0.4, -0.2) is 31.6 Å². The van der Waals surface area contributed by atoms with Gasteiger partial charge in [0, 0.05) is 25.7 Å². The molecule has 4 N–H and O–H groups in total. The Morgan fingerprint density at radius 3 is 2.53 bits per heavy atom. The molecule has 0 radical (unpaired) electrons. The number of nitrogens with one attached hydrogen (secondary N) is 2. The lowest BCUT2D eigenvalue weighted by molar-refractivity contribution is -0.125. The monoisotopic (exact) mass is 265 g/mol. The zero-order chi connectivity index (χ0) is 14.1. The molecule has 0 bridgehead atoms. The molecule has 0 saturated carbocycles. The first-order valence-corrected chi connectivity index (χ1v) is 6.03. The van der Waals surface area contributed by atoms with Crippen LogP contribution in [0.1, 0.15) is 12.5 Å². The lowest BCUT2D eigenvalue weighted by Gasteiger charge is -2.07. The number of rotatable bonds is 7. The van der Waals surface area contributed by atoms with Crippen LogP contribution in [0.25, 0.3) is 0 Å². The van der Waals surface area contributed by atoms with Crippen molar-refractivity contribution in [1.29, 1.82) is 0 Å². The fourth-order valence-electron chi connectivity index (χ4n) is 1.41. The maximum atomic E-state index is 11.4. The Morgan fingerprint density at radius 1 is 1.26 bits per heavy atom. The second-order valence-electron chi connectivity index (χ2n) is 4.00. The van der Waals surface area contributed by atoms with E-state index in [-0.39, 0.29) is 18.4 Å². The van der Waals surface area contributed by atoms with Crippen molar-refractivity contribution in [3.05, 3.63) is 29.8 Å². The zero-order valence-electron chi connectivity index (χ0n) is 10.9. The van der Waals surface area contributed by atoms with Crippen LogP contribution in [0.15, 0.2) is 24.3 Å². The molecule has 1 aromatic rings. The summed E-state index contributed by atoms with van der Waals surface area (Å²) in [6, 6.07) is 7.25. The highest BCUT2D eigenvalue weighted by molar-refractivity contribution is 5.88. The molecule has 0 saturated heterocycles. The minimum Gasteiger partial charge on any atom is -0.370 e. The Morgan fingerprint density at radius 2 is 1.95 bits per heavy atom. The summed E-state index contributed by atoms with van der Waals surface area (Å²) in [5.41, 5.74) is 6.92. The van der Waals surface area contributed by atoms with Gasteiger partial charge in [0.05, 0.1) is 6.61 Å². The van der Waals surface area contributed by atoms with Gasteiger partial charge in [0.1, 0.15) is 6.61 Å². The molecule has 1 rings (SSSR count). The maximum absolute atomic E-state index is 11.4. The Hall–Kier alpha value is -1.92. The molecule has 0 aliphatic rings. The van der Waals surface area contributed by atoms with Crippen molar-refractivity contribution in [2.45, 2.75) is 13.5 Å². The van der Waals surface area contributed by atoms with Crippen LogP contribution in [0.3, 0.4) is 0 Å². The number of anilines is 1. The zero-order valence-corrected chi connectivity index (χ0v) is 10.9. The number of carbonyl (C=O) groups is 2. The highest BCUT2D eigenvalue weighted by Gasteiger charge is 2.01. The molecule has 0 fully saturated rings. The van der Waals surface area contributed by atoms with Gasteiger partial charge in [0.25, 0.3) is 0 Å². The summed E-state index contributed by atoms with van der Waals surface area (Å²) in [5, 5.41) is 5.40. The molecular weight excluding hydrogens is 246 g/mol. The highest BCUT2D eigenvalue weighted by Crippen LogP contribution is 2.09. The van der Waals surface area contributed by atoms with E-state index in [1.807, 2.05) is 12.1 Å². The second kappa shape index (κ2) is 8.23. The summed E-state index contributed by atoms with van der Waals surface area (Å²) in [7, 11) is 0. The number of amides is 2. The van der Waals surface area contributed by atoms with E-state index in [2.05, 4.69) is 10.6 Å². The van der Waals surface area contributed by atoms with Crippen molar-refractivity contribution in [3.63, 3.8) is 0 Å². The predicted octanol–water partition coefficient (Wildman–Crippen LogP) is 0.237. The lowest BCUT2D eigenvalue weighted by Crippen LogP contribution is -2.28. The van der Waals surface area contributed by atoms with E-state index in [0.717, 1.165) is 11.3 Å². The van der Waals surface area contributed by atoms with Gasteiger partial charge in [-0.1, -0.05) is 12.1 Å². The van der Waals surface area contributed by atoms with Crippen LogP contribution >= 0.6 is 0 Å². The SMILES string of the molecule is CC(=O)Nc1ccc(CNC(=O)COCCN)cc1. The van der Waals surface area contributed by atoms with Crippen molar-refractivity contribution < 1.29 is 14.3 Å². The summed E-state index contributed by atoms with van der Waals surface area (Å²) in [6.07, 6.45) is 0. The number of hydrogen-bond acceptors (Lipinski definition) is 4. The fraction of sp³-hybridized carbons (Fsp3) is 0.385. The molecule has 0 aliphatic heterocycles. The molecule has 0 heterocycles. The summed E-state index contributed by atoms with van der Waals surface area (Å²) in [4.78, 5) is 22.2. The van der Waals surface area contributed by atoms with Crippen molar-refractivity contribution >= 4 is 17.5 Å². The van der Waals surface area contributed by atoms with E-state index in [4.69, 9.17) is 10.5 Å². The fourth-order valence-corrected chi connectivity index (χ4v) is 1.41. The molecule has 104 valence electrons. The molecule has 0 aromatic heterocycles. The smallest absolute Gasteiger partial charge is 0.246 e. The number of carbonyl (C=O) groups excluding carboxylic acids is 2.